The SMILES string of the molecule is C(#Cc1ccnc(-c2ccnc(NCC3CCCO3)n2)n1)c1ccc2[nH]ncc2c1. The zero-order chi connectivity index (χ0) is 20.2. The summed E-state index contributed by atoms with van der Waals surface area (Å²) in [6, 6.07) is 9.47. The Morgan fingerprint density at radius 3 is 3.00 bits per heavy atom. The third kappa shape index (κ3) is 4.11. The molecule has 0 saturated carbocycles. The van der Waals surface area contributed by atoms with Crippen LogP contribution in [0.5, 0.6) is 0 Å². The van der Waals surface area contributed by atoms with Gasteiger partial charge in [0.1, 0.15) is 11.4 Å². The first-order valence-corrected chi connectivity index (χ1v) is 9.80. The molecule has 4 heterocycles. The second kappa shape index (κ2) is 8.27. The molecule has 0 bridgehead atoms. The molecule has 1 aliphatic heterocycles. The molecular formula is C22H19N7O. The summed E-state index contributed by atoms with van der Waals surface area (Å²) in [6.45, 7) is 1.52. The van der Waals surface area contributed by atoms with E-state index in [4.69, 9.17) is 4.74 Å². The van der Waals surface area contributed by atoms with Gasteiger partial charge in [0.25, 0.3) is 0 Å². The first kappa shape index (κ1) is 18.2. The summed E-state index contributed by atoms with van der Waals surface area (Å²) in [5, 5.41) is 11.2. The van der Waals surface area contributed by atoms with Crippen LogP contribution in [-0.2, 0) is 4.74 Å². The van der Waals surface area contributed by atoms with Gasteiger partial charge in [0, 0.05) is 36.5 Å². The first-order chi connectivity index (χ1) is 14.8. The number of H-pyrrole nitrogens is 1. The van der Waals surface area contributed by atoms with Crippen molar-refractivity contribution in [2.75, 3.05) is 18.5 Å². The first-order valence-electron chi connectivity index (χ1n) is 9.80. The van der Waals surface area contributed by atoms with Crippen molar-refractivity contribution in [3.8, 4) is 23.4 Å². The van der Waals surface area contributed by atoms with Gasteiger partial charge in [-0.25, -0.2) is 19.9 Å². The van der Waals surface area contributed by atoms with Crippen molar-refractivity contribution < 1.29 is 4.74 Å². The lowest BCUT2D eigenvalue weighted by Crippen LogP contribution is -2.19. The van der Waals surface area contributed by atoms with E-state index in [1.807, 2.05) is 18.2 Å². The van der Waals surface area contributed by atoms with Gasteiger partial charge in [-0.05, 0) is 49.1 Å². The molecule has 1 unspecified atom stereocenters. The molecule has 2 N–H and O–H groups in total. The maximum Gasteiger partial charge on any atom is 0.223 e. The minimum Gasteiger partial charge on any atom is -0.376 e. The fourth-order valence-electron chi connectivity index (χ4n) is 3.29. The van der Waals surface area contributed by atoms with Crippen molar-refractivity contribution in [2.24, 2.45) is 0 Å². The van der Waals surface area contributed by atoms with E-state index in [1.165, 1.54) is 0 Å². The Morgan fingerprint density at radius 2 is 2.07 bits per heavy atom. The smallest absolute Gasteiger partial charge is 0.223 e. The number of rotatable bonds is 4. The van der Waals surface area contributed by atoms with Gasteiger partial charge in [0.15, 0.2) is 5.82 Å². The van der Waals surface area contributed by atoms with Gasteiger partial charge in [-0.2, -0.15) is 5.10 Å². The molecule has 30 heavy (non-hydrogen) atoms. The monoisotopic (exact) mass is 397 g/mol. The number of hydrogen-bond acceptors (Lipinski definition) is 7. The molecule has 8 nitrogen and oxygen atoms in total. The second-order valence-electron chi connectivity index (χ2n) is 6.97. The normalized spacial score (nSPS) is 15.7. The molecule has 0 radical (unpaired) electrons. The Morgan fingerprint density at radius 1 is 1.10 bits per heavy atom. The summed E-state index contributed by atoms with van der Waals surface area (Å²) in [7, 11) is 0. The van der Waals surface area contributed by atoms with E-state index in [0.29, 0.717) is 29.7 Å². The predicted octanol–water partition coefficient (Wildman–Crippen LogP) is 2.80. The molecule has 3 aromatic heterocycles. The van der Waals surface area contributed by atoms with Crippen LogP contribution in [0.2, 0.25) is 0 Å². The molecule has 0 amide bonds. The molecule has 0 aliphatic carbocycles. The standard InChI is InChI=1S/C22H19N7O/c1-2-18(30-11-1)14-25-22-24-10-8-20(28-22)21-23-9-7-17(27-21)5-3-15-4-6-19-16(12-15)13-26-29-19/h4,6-10,12-13,18H,1-2,11,14H2,(H,26,29)(H,24,25,28). The lowest BCUT2D eigenvalue weighted by molar-refractivity contribution is 0.120. The number of aromatic nitrogens is 6. The van der Waals surface area contributed by atoms with Crippen LogP contribution in [0.15, 0.2) is 48.9 Å². The number of hydrogen-bond donors (Lipinski definition) is 2. The summed E-state index contributed by atoms with van der Waals surface area (Å²) in [6.07, 6.45) is 7.54. The van der Waals surface area contributed by atoms with Crippen LogP contribution in [-0.4, -0.2) is 49.4 Å². The fraction of sp³-hybridized carbons (Fsp3) is 0.227. The lowest BCUT2D eigenvalue weighted by atomic mass is 10.1. The zero-order valence-electron chi connectivity index (χ0n) is 16.2. The average Bonchev–Trinajstić information content (AvgIpc) is 3.48. The van der Waals surface area contributed by atoms with Gasteiger partial charge in [-0.1, -0.05) is 5.92 Å². The van der Waals surface area contributed by atoms with E-state index in [9.17, 15) is 0 Å². The van der Waals surface area contributed by atoms with Gasteiger partial charge >= 0.3 is 0 Å². The van der Waals surface area contributed by atoms with Crippen molar-refractivity contribution in [3.05, 3.63) is 60.2 Å². The number of nitrogens with one attached hydrogen (secondary N) is 2. The molecule has 5 rings (SSSR count). The average molecular weight is 397 g/mol. The van der Waals surface area contributed by atoms with E-state index in [0.717, 1.165) is 35.9 Å². The van der Waals surface area contributed by atoms with E-state index < -0.39 is 0 Å². The number of aromatic amines is 1. The van der Waals surface area contributed by atoms with Crippen molar-refractivity contribution in [3.63, 3.8) is 0 Å². The van der Waals surface area contributed by atoms with Gasteiger partial charge in [0.05, 0.1) is 17.8 Å². The zero-order valence-corrected chi connectivity index (χ0v) is 16.2. The Kier molecular flexibility index (Phi) is 5.02. The van der Waals surface area contributed by atoms with Crippen LogP contribution in [0, 0.1) is 11.8 Å². The number of ether oxygens (including phenoxy) is 1. The van der Waals surface area contributed by atoms with Gasteiger partial charge in [0.2, 0.25) is 5.95 Å². The number of fused-ring (bicyclic) bond motifs is 1. The maximum absolute atomic E-state index is 5.62. The molecule has 8 heteroatoms. The van der Waals surface area contributed by atoms with E-state index >= 15 is 0 Å². The maximum atomic E-state index is 5.62. The number of anilines is 1. The molecular weight excluding hydrogens is 378 g/mol. The van der Waals surface area contributed by atoms with Crippen LogP contribution in [0.4, 0.5) is 5.95 Å². The summed E-state index contributed by atoms with van der Waals surface area (Å²) in [4.78, 5) is 17.7. The third-order valence-electron chi connectivity index (χ3n) is 4.83. The van der Waals surface area contributed by atoms with Crippen molar-refractivity contribution in [1.82, 2.24) is 30.1 Å². The number of nitrogens with zero attached hydrogens (tertiary/aromatic N) is 5. The Balaban J connectivity index is 1.34. The largest absolute Gasteiger partial charge is 0.376 e. The van der Waals surface area contributed by atoms with E-state index in [2.05, 4.69) is 47.3 Å². The van der Waals surface area contributed by atoms with Crippen LogP contribution in [0.25, 0.3) is 22.4 Å². The molecule has 1 aromatic carbocycles. The molecule has 1 fully saturated rings. The third-order valence-corrected chi connectivity index (χ3v) is 4.83. The van der Waals surface area contributed by atoms with Gasteiger partial charge in [-0.3, -0.25) is 5.10 Å². The van der Waals surface area contributed by atoms with E-state index in [-0.39, 0.29) is 6.10 Å². The minimum atomic E-state index is 0.216. The molecule has 148 valence electrons. The second-order valence-corrected chi connectivity index (χ2v) is 6.97. The van der Waals surface area contributed by atoms with Crippen molar-refractivity contribution in [2.45, 2.75) is 18.9 Å². The predicted molar refractivity (Wildman–Crippen MR) is 113 cm³/mol. The highest BCUT2D eigenvalue weighted by atomic mass is 16.5. The highest BCUT2D eigenvalue weighted by Crippen LogP contribution is 2.16. The summed E-state index contributed by atoms with van der Waals surface area (Å²) < 4.78 is 5.62. The molecule has 1 atom stereocenters. The minimum absolute atomic E-state index is 0.216. The summed E-state index contributed by atoms with van der Waals surface area (Å²) >= 11 is 0. The Labute approximate surface area is 173 Å². The lowest BCUT2D eigenvalue weighted by Gasteiger charge is -2.10. The quantitative estimate of drug-likeness (QED) is 0.511. The van der Waals surface area contributed by atoms with Crippen molar-refractivity contribution >= 4 is 16.9 Å². The van der Waals surface area contributed by atoms with Crippen LogP contribution in [0.1, 0.15) is 24.1 Å². The van der Waals surface area contributed by atoms with Crippen LogP contribution < -0.4 is 5.32 Å². The Hall–Kier alpha value is -3.83. The number of benzene rings is 1. The summed E-state index contributed by atoms with van der Waals surface area (Å²) in [5.41, 5.74) is 3.15. The van der Waals surface area contributed by atoms with Crippen LogP contribution in [0.3, 0.4) is 0 Å². The fourth-order valence-corrected chi connectivity index (χ4v) is 3.29. The molecule has 1 aliphatic rings. The molecule has 1 saturated heterocycles. The molecule has 4 aromatic rings. The van der Waals surface area contributed by atoms with Gasteiger partial charge < -0.3 is 10.1 Å². The van der Waals surface area contributed by atoms with Crippen molar-refractivity contribution in [1.29, 1.82) is 0 Å². The highest BCUT2D eigenvalue weighted by molar-refractivity contribution is 5.79. The van der Waals surface area contributed by atoms with Crippen LogP contribution >= 0.6 is 0 Å². The summed E-state index contributed by atoms with van der Waals surface area (Å²) in [5.74, 6) is 7.29. The highest BCUT2D eigenvalue weighted by Gasteiger charge is 2.15. The molecule has 0 spiro atoms. The topological polar surface area (TPSA) is 102 Å². The Bertz CT molecular complexity index is 1230. The van der Waals surface area contributed by atoms with E-state index in [1.54, 1.807) is 30.7 Å². The van der Waals surface area contributed by atoms with Gasteiger partial charge in [-0.15, -0.1) is 0 Å².